The highest BCUT2D eigenvalue weighted by atomic mass is 19.1. The molecule has 10 heteroatoms. The third-order valence-electron chi connectivity index (χ3n) is 4.12. The monoisotopic (exact) mass is 443 g/mol. The second-order valence-electron chi connectivity index (χ2n) is 9.38. The van der Waals surface area contributed by atoms with Crippen LogP contribution in [0.3, 0.4) is 0 Å². The van der Waals surface area contributed by atoms with Gasteiger partial charge in [0.25, 0.3) is 0 Å². The summed E-state index contributed by atoms with van der Waals surface area (Å²) in [6.45, 7) is 10.4. The SMILES string of the molecule is CC(C)(C)OC(=O)NN[C@H]1CO[C@H](c2cc(F)ccc2F)[C@@H](NC(=O)OC(C)(C)C)C1. The first-order valence-electron chi connectivity index (χ1n) is 10.0. The Labute approximate surface area is 181 Å². The second kappa shape index (κ2) is 9.78. The number of hydrazine groups is 1. The average molecular weight is 443 g/mol. The zero-order valence-electron chi connectivity index (χ0n) is 18.7. The molecule has 1 aromatic rings. The van der Waals surface area contributed by atoms with Gasteiger partial charge in [0.15, 0.2) is 0 Å². The average Bonchev–Trinajstić information content (AvgIpc) is 2.59. The number of halogens is 2. The zero-order chi connectivity index (χ0) is 23.4. The van der Waals surface area contributed by atoms with Gasteiger partial charge in [-0.1, -0.05) is 0 Å². The number of alkyl carbamates (subject to hydrolysis) is 1. The van der Waals surface area contributed by atoms with Gasteiger partial charge in [-0.25, -0.2) is 23.8 Å². The topological polar surface area (TPSA) is 97.9 Å². The van der Waals surface area contributed by atoms with Gasteiger partial charge >= 0.3 is 12.2 Å². The number of carbonyl (C=O) groups excluding carboxylic acids is 2. The van der Waals surface area contributed by atoms with Crippen LogP contribution in [0.25, 0.3) is 0 Å². The molecule has 31 heavy (non-hydrogen) atoms. The lowest BCUT2D eigenvalue weighted by atomic mass is 9.93. The Hall–Kier alpha value is -2.46. The Bertz CT molecular complexity index is 792. The van der Waals surface area contributed by atoms with Crippen molar-refractivity contribution in [3.63, 3.8) is 0 Å². The van der Waals surface area contributed by atoms with E-state index in [-0.39, 0.29) is 18.6 Å². The molecule has 0 saturated carbocycles. The molecule has 1 heterocycles. The van der Waals surface area contributed by atoms with Crippen LogP contribution in [0.4, 0.5) is 18.4 Å². The molecule has 0 radical (unpaired) electrons. The van der Waals surface area contributed by atoms with E-state index < -0.39 is 53.2 Å². The molecule has 0 unspecified atom stereocenters. The largest absolute Gasteiger partial charge is 0.444 e. The van der Waals surface area contributed by atoms with E-state index in [1.807, 2.05) is 0 Å². The second-order valence-corrected chi connectivity index (χ2v) is 9.38. The Kier molecular flexibility index (Phi) is 7.82. The Morgan fingerprint density at radius 1 is 1.03 bits per heavy atom. The van der Waals surface area contributed by atoms with Crippen molar-refractivity contribution in [3.05, 3.63) is 35.4 Å². The minimum Gasteiger partial charge on any atom is -0.444 e. The van der Waals surface area contributed by atoms with Crippen molar-refractivity contribution in [2.75, 3.05) is 6.61 Å². The van der Waals surface area contributed by atoms with Crippen LogP contribution < -0.4 is 16.2 Å². The third kappa shape index (κ3) is 8.29. The number of nitrogens with one attached hydrogen (secondary N) is 3. The number of hydrogen-bond donors (Lipinski definition) is 3. The van der Waals surface area contributed by atoms with E-state index in [2.05, 4.69) is 16.2 Å². The molecule has 1 aromatic carbocycles. The summed E-state index contributed by atoms with van der Waals surface area (Å²) in [6, 6.07) is 1.87. The van der Waals surface area contributed by atoms with Gasteiger partial charge in [-0.15, -0.1) is 0 Å². The summed E-state index contributed by atoms with van der Waals surface area (Å²) in [4.78, 5) is 24.2. The number of hydrogen-bond acceptors (Lipinski definition) is 6. The summed E-state index contributed by atoms with van der Waals surface area (Å²) in [5.41, 5.74) is 3.78. The Morgan fingerprint density at radius 3 is 2.26 bits per heavy atom. The predicted molar refractivity (Wildman–Crippen MR) is 109 cm³/mol. The van der Waals surface area contributed by atoms with Gasteiger partial charge in [-0.3, -0.25) is 5.43 Å². The van der Waals surface area contributed by atoms with Crippen molar-refractivity contribution >= 4 is 12.2 Å². The lowest BCUT2D eigenvalue weighted by molar-refractivity contribution is -0.0367. The summed E-state index contributed by atoms with van der Waals surface area (Å²) in [7, 11) is 0. The molecule has 0 spiro atoms. The van der Waals surface area contributed by atoms with Crippen molar-refractivity contribution in [3.8, 4) is 0 Å². The zero-order valence-corrected chi connectivity index (χ0v) is 18.7. The molecule has 8 nitrogen and oxygen atoms in total. The highest BCUT2D eigenvalue weighted by molar-refractivity contribution is 5.68. The van der Waals surface area contributed by atoms with Crippen molar-refractivity contribution in [1.29, 1.82) is 0 Å². The third-order valence-corrected chi connectivity index (χ3v) is 4.12. The molecule has 1 aliphatic heterocycles. The van der Waals surface area contributed by atoms with Crippen LogP contribution in [-0.2, 0) is 14.2 Å². The van der Waals surface area contributed by atoms with Crippen LogP contribution >= 0.6 is 0 Å². The minimum absolute atomic E-state index is 0.0142. The van der Waals surface area contributed by atoms with Crippen LogP contribution in [-0.4, -0.2) is 42.1 Å². The highest BCUT2D eigenvalue weighted by Crippen LogP contribution is 2.31. The van der Waals surface area contributed by atoms with Crippen molar-refractivity contribution in [2.24, 2.45) is 0 Å². The normalized spacial score (nSPS) is 21.9. The molecule has 174 valence electrons. The molecule has 2 amide bonds. The summed E-state index contributed by atoms with van der Waals surface area (Å²) in [5.74, 6) is -1.27. The van der Waals surface area contributed by atoms with E-state index in [0.29, 0.717) is 0 Å². The minimum atomic E-state index is -0.942. The number of amides is 2. The first-order valence-corrected chi connectivity index (χ1v) is 10.0. The lowest BCUT2D eigenvalue weighted by Crippen LogP contribution is -2.55. The van der Waals surface area contributed by atoms with Crippen molar-refractivity contribution in [2.45, 2.75) is 77.4 Å². The molecule has 0 aromatic heterocycles. The van der Waals surface area contributed by atoms with Crippen molar-refractivity contribution in [1.82, 2.24) is 16.2 Å². The summed E-state index contributed by atoms with van der Waals surface area (Å²) in [6.07, 6.45) is -2.09. The maximum atomic E-state index is 14.4. The van der Waals surface area contributed by atoms with Gasteiger partial charge in [-0.05, 0) is 66.2 Å². The lowest BCUT2D eigenvalue weighted by Gasteiger charge is -2.37. The van der Waals surface area contributed by atoms with Gasteiger partial charge in [-0.2, -0.15) is 0 Å². The molecule has 3 atom stereocenters. The first-order chi connectivity index (χ1) is 14.2. The van der Waals surface area contributed by atoms with Crippen LogP contribution in [0.15, 0.2) is 18.2 Å². The molecular formula is C21H31F2N3O5. The van der Waals surface area contributed by atoms with Gasteiger partial charge in [0.1, 0.15) is 28.9 Å². The number of rotatable bonds is 4. The molecule has 1 aliphatic rings. The molecule has 1 fully saturated rings. The van der Waals surface area contributed by atoms with E-state index in [9.17, 15) is 18.4 Å². The summed E-state index contributed by atoms with van der Waals surface area (Å²) in [5, 5.41) is 2.67. The van der Waals surface area contributed by atoms with E-state index in [4.69, 9.17) is 14.2 Å². The van der Waals surface area contributed by atoms with Crippen LogP contribution in [0.1, 0.15) is 59.6 Å². The maximum absolute atomic E-state index is 14.4. The fourth-order valence-corrected chi connectivity index (χ4v) is 3.03. The number of benzene rings is 1. The molecule has 1 saturated heterocycles. The Balaban J connectivity index is 2.12. The van der Waals surface area contributed by atoms with Gasteiger partial charge in [0.05, 0.1) is 18.7 Å². The fourth-order valence-electron chi connectivity index (χ4n) is 3.03. The standard InChI is InChI=1S/C21H31F2N3O5/c1-20(2,3)30-18(27)24-16-10-13(25-26-19(28)31-21(4,5)6)11-29-17(16)14-9-12(22)7-8-15(14)23/h7-9,13,16-17,25H,10-11H2,1-6H3,(H,24,27)(H,26,28)/t13-,16+,17-/m1/s1. The van der Waals surface area contributed by atoms with Crippen LogP contribution in [0.5, 0.6) is 0 Å². The number of carbonyl (C=O) groups is 2. The highest BCUT2D eigenvalue weighted by Gasteiger charge is 2.36. The smallest absolute Gasteiger partial charge is 0.422 e. The maximum Gasteiger partial charge on any atom is 0.422 e. The van der Waals surface area contributed by atoms with Crippen LogP contribution in [0.2, 0.25) is 0 Å². The van der Waals surface area contributed by atoms with Crippen LogP contribution in [0, 0.1) is 11.6 Å². The van der Waals surface area contributed by atoms with E-state index in [1.165, 1.54) is 0 Å². The summed E-state index contributed by atoms with van der Waals surface area (Å²) >= 11 is 0. The van der Waals surface area contributed by atoms with Gasteiger partial charge < -0.3 is 19.5 Å². The number of ether oxygens (including phenoxy) is 3. The first kappa shape index (κ1) is 24.8. The van der Waals surface area contributed by atoms with E-state index >= 15 is 0 Å². The fraction of sp³-hybridized carbons (Fsp3) is 0.619. The molecule has 0 aliphatic carbocycles. The van der Waals surface area contributed by atoms with Gasteiger partial charge in [0.2, 0.25) is 0 Å². The van der Waals surface area contributed by atoms with E-state index in [0.717, 1.165) is 18.2 Å². The molecule has 2 rings (SSSR count). The molecular weight excluding hydrogens is 412 g/mol. The summed E-state index contributed by atoms with van der Waals surface area (Å²) < 4.78 is 44.3. The van der Waals surface area contributed by atoms with Crippen molar-refractivity contribution < 1.29 is 32.6 Å². The predicted octanol–water partition coefficient (Wildman–Crippen LogP) is 3.72. The molecule has 3 N–H and O–H groups in total. The molecule has 0 bridgehead atoms. The Morgan fingerprint density at radius 2 is 1.65 bits per heavy atom. The van der Waals surface area contributed by atoms with Gasteiger partial charge in [0, 0.05) is 5.56 Å². The van der Waals surface area contributed by atoms with E-state index in [1.54, 1.807) is 41.5 Å². The quantitative estimate of drug-likeness (QED) is 0.614.